The van der Waals surface area contributed by atoms with Crippen molar-refractivity contribution in [3.05, 3.63) is 41.7 Å². The van der Waals surface area contributed by atoms with Crippen LogP contribution >= 0.6 is 11.6 Å². The number of benzene rings is 1. The van der Waals surface area contributed by atoms with Gasteiger partial charge in [0, 0.05) is 18.1 Å². The van der Waals surface area contributed by atoms with Crippen LogP contribution in [0.2, 0.25) is 5.02 Å². The first-order valence-corrected chi connectivity index (χ1v) is 8.98. The van der Waals surface area contributed by atoms with Crippen LogP contribution in [-0.4, -0.2) is 35.4 Å². The molecule has 0 saturated carbocycles. The summed E-state index contributed by atoms with van der Waals surface area (Å²) in [4.78, 5) is 13.1. The third-order valence-corrected chi connectivity index (χ3v) is 4.74. The number of halogens is 1. The summed E-state index contributed by atoms with van der Waals surface area (Å²) in [6.45, 7) is 4.20. The van der Waals surface area contributed by atoms with Crippen LogP contribution in [0.25, 0.3) is 0 Å². The zero-order chi connectivity index (χ0) is 17.7. The highest BCUT2D eigenvalue weighted by molar-refractivity contribution is 6.32. The summed E-state index contributed by atoms with van der Waals surface area (Å²) in [6, 6.07) is 7.17. The monoisotopic (exact) mass is 362 g/mol. The van der Waals surface area contributed by atoms with E-state index in [9.17, 15) is 4.79 Å². The highest BCUT2D eigenvalue weighted by Crippen LogP contribution is 2.31. The average molecular weight is 363 g/mol. The fraction of sp³-hybridized carbons (Fsp3) is 0.444. The van der Waals surface area contributed by atoms with Crippen LogP contribution in [-0.2, 0) is 10.3 Å². The minimum atomic E-state index is -0.682. The van der Waals surface area contributed by atoms with Crippen LogP contribution in [0.1, 0.15) is 26.2 Å². The second-order valence-corrected chi connectivity index (χ2v) is 6.59. The van der Waals surface area contributed by atoms with Gasteiger partial charge in [-0.15, -0.1) is 0 Å². The van der Waals surface area contributed by atoms with Gasteiger partial charge in [0.15, 0.2) is 0 Å². The average Bonchev–Trinajstić information content (AvgIpc) is 3.17. The van der Waals surface area contributed by atoms with Gasteiger partial charge in [0.2, 0.25) is 0 Å². The number of ether oxygens (including phenoxy) is 1. The van der Waals surface area contributed by atoms with Gasteiger partial charge in [0.1, 0.15) is 11.3 Å². The number of carbonyl (C=O) groups is 1. The number of hydrogen-bond donors (Lipinski definition) is 2. The number of hydrogen-bond acceptors (Lipinski definition) is 4. The smallest absolute Gasteiger partial charge is 0.252 e. The molecule has 1 aromatic carbocycles. The van der Waals surface area contributed by atoms with Gasteiger partial charge in [-0.05, 0) is 56.6 Å². The van der Waals surface area contributed by atoms with Gasteiger partial charge >= 0.3 is 0 Å². The summed E-state index contributed by atoms with van der Waals surface area (Å²) < 4.78 is 7.34. The van der Waals surface area contributed by atoms with Gasteiger partial charge in [-0.1, -0.05) is 18.5 Å². The number of nitrogens with one attached hydrogen (secondary N) is 2. The summed E-state index contributed by atoms with van der Waals surface area (Å²) in [6.07, 6.45) is 5.83. The Bertz CT molecular complexity index is 712. The van der Waals surface area contributed by atoms with Crippen molar-refractivity contribution >= 4 is 23.2 Å². The fourth-order valence-corrected chi connectivity index (χ4v) is 3.31. The Balaban J connectivity index is 1.79. The van der Waals surface area contributed by atoms with Crippen LogP contribution in [0.5, 0.6) is 5.75 Å². The van der Waals surface area contributed by atoms with Crippen LogP contribution in [0.3, 0.4) is 0 Å². The van der Waals surface area contributed by atoms with E-state index in [1.807, 2.05) is 25.3 Å². The number of carbonyl (C=O) groups excluding carboxylic acids is 1. The van der Waals surface area contributed by atoms with Gasteiger partial charge in [0.05, 0.1) is 11.6 Å². The molecule has 1 aromatic heterocycles. The van der Waals surface area contributed by atoms with Gasteiger partial charge in [0.25, 0.3) is 5.91 Å². The molecule has 25 heavy (non-hydrogen) atoms. The van der Waals surface area contributed by atoms with Crippen molar-refractivity contribution in [2.45, 2.75) is 31.7 Å². The van der Waals surface area contributed by atoms with Gasteiger partial charge in [-0.3, -0.25) is 9.48 Å². The van der Waals surface area contributed by atoms with Crippen molar-refractivity contribution in [1.29, 1.82) is 0 Å². The van der Waals surface area contributed by atoms with Crippen LogP contribution in [0.4, 0.5) is 5.69 Å². The molecule has 0 radical (unpaired) electrons. The van der Waals surface area contributed by atoms with E-state index < -0.39 is 5.54 Å². The molecule has 0 spiro atoms. The number of aromatic nitrogens is 2. The molecule has 0 aliphatic carbocycles. The number of nitrogens with zero attached hydrogens (tertiary/aromatic N) is 2. The lowest BCUT2D eigenvalue weighted by Gasteiger charge is -2.36. The van der Waals surface area contributed by atoms with E-state index in [2.05, 4.69) is 15.7 Å². The maximum atomic E-state index is 13.1. The molecule has 1 saturated heterocycles. The predicted octanol–water partition coefficient (Wildman–Crippen LogP) is 3.04. The van der Waals surface area contributed by atoms with Crippen molar-refractivity contribution in [3.8, 4) is 5.75 Å². The number of piperidine rings is 1. The minimum Gasteiger partial charge on any atom is -0.492 e. The molecule has 6 nitrogen and oxygen atoms in total. The standard InChI is InChI=1S/C18H23ClN4O2/c1-2-12-25-16-5-4-14(13-15(16)19)22-17(24)18(6-9-20-10-7-18)23-11-3-8-21-23/h3-5,8,11,13,20H,2,6-7,9-10,12H2,1H3,(H,22,24). The summed E-state index contributed by atoms with van der Waals surface area (Å²) in [5.41, 5.74) is -0.0255. The first-order chi connectivity index (χ1) is 12.2. The number of rotatable bonds is 6. The number of anilines is 1. The molecule has 0 bridgehead atoms. The maximum Gasteiger partial charge on any atom is 0.252 e. The second kappa shape index (κ2) is 7.89. The second-order valence-electron chi connectivity index (χ2n) is 6.18. The van der Waals surface area contributed by atoms with Crippen molar-refractivity contribution < 1.29 is 9.53 Å². The normalized spacial score (nSPS) is 16.4. The molecular weight excluding hydrogens is 340 g/mol. The molecule has 1 fully saturated rings. The van der Waals surface area contributed by atoms with Crippen molar-refractivity contribution in [3.63, 3.8) is 0 Å². The first-order valence-electron chi connectivity index (χ1n) is 8.60. The van der Waals surface area contributed by atoms with E-state index in [0.29, 0.717) is 35.9 Å². The molecule has 1 aliphatic heterocycles. The zero-order valence-corrected chi connectivity index (χ0v) is 15.1. The van der Waals surface area contributed by atoms with Crippen molar-refractivity contribution in [1.82, 2.24) is 15.1 Å². The predicted molar refractivity (Wildman–Crippen MR) is 98.2 cm³/mol. The topological polar surface area (TPSA) is 68.2 Å². The first kappa shape index (κ1) is 17.8. The van der Waals surface area contributed by atoms with E-state index in [0.717, 1.165) is 19.5 Å². The van der Waals surface area contributed by atoms with E-state index >= 15 is 0 Å². The summed E-state index contributed by atoms with van der Waals surface area (Å²) in [5, 5.41) is 11.1. The van der Waals surface area contributed by atoms with Crippen LogP contribution in [0, 0.1) is 0 Å². The highest BCUT2D eigenvalue weighted by atomic mass is 35.5. The Labute approximate surface area is 152 Å². The summed E-state index contributed by atoms with van der Waals surface area (Å²) in [5.74, 6) is 0.557. The minimum absolute atomic E-state index is 0.0732. The quantitative estimate of drug-likeness (QED) is 0.828. The SMILES string of the molecule is CCCOc1ccc(NC(=O)C2(n3cccn3)CCNCC2)cc1Cl. The molecule has 134 valence electrons. The Kier molecular flexibility index (Phi) is 5.60. The molecule has 3 rings (SSSR count). The van der Waals surface area contributed by atoms with Gasteiger partial charge < -0.3 is 15.4 Å². The third-order valence-electron chi connectivity index (χ3n) is 4.45. The third kappa shape index (κ3) is 3.80. The molecule has 0 atom stereocenters. The van der Waals surface area contributed by atoms with Gasteiger partial charge in [-0.2, -0.15) is 5.10 Å². The molecular formula is C18H23ClN4O2. The van der Waals surface area contributed by atoms with E-state index in [1.165, 1.54) is 0 Å². The van der Waals surface area contributed by atoms with E-state index in [1.54, 1.807) is 23.0 Å². The lowest BCUT2D eigenvalue weighted by molar-refractivity contribution is -0.126. The Morgan fingerprint density at radius 3 is 2.88 bits per heavy atom. The van der Waals surface area contributed by atoms with E-state index in [4.69, 9.17) is 16.3 Å². The summed E-state index contributed by atoms with van der Waals surface area (Å²) in [7, 11) is 0. The Morgan fingerprint density at radius 2 is 2.24 bits per heavy atom. The molecule has 2 heterocycles. The highest BCUT2D eigenvalue weighted by Gasteiger charge is 2.42. The summed E-state index contributed by atoms with van der Waals surface area (Å²) >= 11 is 6.26. The molecule has 1 aliphatic rings. The molecule has 1 amide bonds. The van der Waals surface area contributed by atoms with Crippen molar-refractivity contribution in [2.24, 2.45) is 0 Å². The zero-order valence-electron chi connectivity index (χ0n) is 14.3. The lowest BCUT2D eigenvalue weighted by Crippen LogP contribution is -2.52. The largest absolute Gasteiger partial charge is 0.492 e. The molecule has 7 heteroatoms. The molecule has 0 unspecified atom stereocenters. The maximum absolute atomic E-state index is 13.1. The Morgan fingerprint density at radius 1 is 1.44 bits per heavy atom. The van der Waals surface area contributed by atoms with Gasteiger partial charge in [-0.25, -0.2) is 0 Å². The Hall–Kier alpha value is -2.05. The molecule has 2 N–H and O–H groups in total. The number of amides is 1. The van der Waals surface area contributed by atoms with Crippen molar-refractivity contribution in [2.75, 3.05) is 25.0 Å². The van der Waals surface area contributed by atoms with E-state index in [-0.39, 0.29) is 5.91 Å². The molecule has 2 aromatic rings. The van der Waals surface area contributed by atoms with Crippen LogP contribution in [0.15, 0.2) is 36.7 Å². The lowest BCUT2D eigenvalue weighted by atomic mass is 9.87. The fourth-order valence-electron chi connectivity index (χ4n) is 3.08. The van der Waals surface area contributed by atoms with Crippen LogP contribution < -0.4 is 15.4 Å².